The van der Waals surface area contributed by atoms with Crippen molar-refractivity contribution in [3.05, 3.63) is 45.7 Å². The summed E-state index contributed by atoms with van der Waals surface area (Å²) in [5.74, 6) is -0.981. The van der Waals surface area contributed by atoms with Crippen LogP contribution < -0.4 is 0 Å². The van der Waals surface area contributed by atoms with Crippen LogP contribution in [-0.2, 0) is 17.9 Å². The summed E-state index contributed by atoms with van der Waals surface area (Å²) in [6.45, 7) is 1.84. The van der Waals surface area contributed by atoms with E-state index in [-0.39, 0.29) is 23.1 Å². The molecular formula is C14H12BrFN4O3. The number of nitrogens with zero attached hydrogens (tertiary/aromatic N) is 4. The van der Waals surface area contributed by atoms with Gasteiger partial charge in [-0.1, -0.05) is 0 Å². The van der Waals surface area contributed by atoms with E-state index in [0.717, 1.165) is 6.07 Å². The zero-order valence-electron chi connectivity index (χ0n) is 12.0. The Labute approximate surface area is 138 Å². The van der Waals surface area contributed by atoms with E-state index < -0.39 is 23.7 Å². The molecule has 1 amide bonds. The van der Waals surface area contributed by atoms with Crippen molar-refractivity contribution in [2.75, 3.05) is 0 Å². The number of carbonyl (C=O) groups is 2. The molecule has 9 heteroatoms. The highest BCUT2D eigenvalue weighted by atomic mass is 79.9. The Balaban J connectivity index is 1.97. The largest absolute Gasteiger partial charge is 0.480 e. The van der Waals surface area contributed by atoms with Gasteiger partial charge in [-0.2, -0.15) is 0 Å². The van der Waals surface area contributed by atoms with Gasteiger partial charge in [0, 0.05) is 5.56 Å². The van der Waals surface area contributed by atoms with Crippen molar-refractivity contribution in [1.82, 2.24) is 19.7 Å². The van der Waals surface area contributed by atoms with Gasteiger partial charge in [0.05, 0.1) is 17.6 Å². The molecule has 1 aliphatic heterocycles. The second-order valence-electron chi connectivity index (χ2n) is 5.19. The number of carboxylic acids is 1. The molecule has 1 N–H and O–H groups in total. The summed E-state index contributed by atoms with van der Waals surface area (Å²) in [5.41, 5.74) is 0.203. The normalized spacial score (nSPS) is 17.0. The number of fused-ring (bicyclic) bond motifs is 1. The maximum absolute atomic E-state index is 13.3. The number of carbonyl (C=O) groups excluding carboxylic acids is 1. The molecule has 1 unspecified atom stereocenters. The third-order valence-electron chi connectivity index (χ3n) is 3.77. The van der Waals surface area contributed by atoms with Crippen LogP contribution in [0.15, 0.2) is 22.7 Å². The number of carboxylic acid groups (broad SMARTS) is 1. The van der Waals surface area contributed by atoms with E-state index in [0.29, 0.717) is 11.6 Å². The molecule has 1 aromatic carbocycles. The number of halogens is 2. The SMILES string of the molecule is Cc1nnc2n1CC(C(=O)O)N(C(=O)c1ccc(F)c(Br)c1)C2. The number of hydrogen-bond donors (Lipinski definition) is 1. The first kappa shape index (κ1) is 15.6. The smallest absolute Gasteiger partial charge is 0.328 e. The van der Waals surface area contributed by atoms with Crippen LogP contribution in [0.5, 0.6) is 0 Å². The molecule has 0 fully saturated rings. The minimum absolute atomic E-state index is 0.0334. The van der Waals surface area contributed by atoms with E-state index in [2.05, 4.69) is 26.1 Å². The van der Waals surface area contributed by atoms with E-state index >= 15 is 0 Å². The molecule has 0 bridgehead atoms. The van der Waals surface area contributed by atoms with Crippen LogP contribution >= 0.6 is 15.9 Å². The number of benzene rings is 1. The molecule has 2 heterocycles. The van der Waals surface area contributed by atoms with Crippen molar-refractivity contribution < 1.29 is 19.1 Å². The predicted octanol–water partition coefficient (Wildman–Crippen LogP) is 1.60. The molecule has 0 saturated heterocycles. The summed E-state index contributed by atoms with van der Waals surface area (Å²) in [6, 6.07) is 2.78. The van der Waals surface area contributed by atoms with Crippen LogP contribution in [-0.4, -0.2) is 42.7 Å². The van der Waals surface area contributed by atoms with E-state index in [4.69, 9.17) is 0 Å². The first-order valence-corrected chi connectivity index (χ1v) is 7.55. The number of rotatable bonds is 2. The Morgan fingerprint density at radius 2 is 2.13 bits per heavy atom. The van der Waals surface area contributed by atoms with Crippen LogP contribution in [0.25, 0.3) is 0 Å². The molecule has 0 radical (unpaired) electrons. The summed E-state index contributed by atoms with van der Waals surface area (Å²) < 4.78 is 15.1. The van der Waals surface area contributed by atoms with Gasteiger partial charge in [-0.05, 0) is 41.1 Å². The lowest BCUT2D eigenvalue weighted by atomic mass is 10.1. The third kappa shape index (κ3) is 2.72. The van der Waals surface area contributed by atoms with Crippen LogP contribution in [0.4, 0.5) is 4.39 Å². The summed E-state index contributed by atoms with van der Waals surface area (Å²) in [4.78, 5) is 25.4. The zero-order chi connectivity index (χ0) is 16.7. The van der Waals surface area contributed by atoms with Gasteiger partial charge in [0.15, 0.2) is 5.82 Å². The molecular weight excluding hydrogens is 371 g/mol. The molecule has 1 aliphatic rings. The van der Waals surface area contributed by atoms with E-state index in [1.807, 2.05) is 0 Å². The zero-order valence-corrected chi connectivity index (χ0v) is 13.6. The number of aryl methyl sites for hydroxylation is 1. The van der Waals surface area contributed by atoms with Gasteiger partial charge in [-0.15, -0.1) is 10.2 Å². The van der Waals surface area contributed by atoms with Gasteiger partial charge >= 0.3 is 5.97 Å². The Morgan fingerprint density at radius 3 is 2.78 bits per heavy atom. The van der Waals surface area contributed by atoms with Crippen molar-refractivity contribution in [3.8, 4) is 0 Å². The standard InChI is InChI=1S/C14H12BrFN4O3/c1-7-17-18-12-6-20(11(14(22)23)5-19(7)12)13(21)8-2-3-10(16)9(15)4-8/h2-4,11H,5-6H2,1H3,(H,22,23). The molecule has 1 aromatic heterocycles. The van der Waals surface area contributed by atoms with Crippen molar-refractivity contribution in [1.29, 1.82) is 0 Å². The van der Waals surface area contributed by atoms with Gasteiger partial charge in [0.2, 0.25) is 0 Å². The number of hydrogen-bond acceptors (Lipinski definition) is 4. The number of amides is 1. The lowest BCUT2D eigenvalue weighted by Crippen LogP contribution is -2.50. The third-order valence-corrected chi connectivity index (χ3v) is 4.38. The molecule has 7 nitrogen and oxygen atoms in total. The average Bonchev–Trinajstić information content (AvgIpc) is 2.88. The summed E-state index contributed by atoms with van der Waals surface area (Å²) >= 11 is 3.02. The van der Waals surface area contributed by atoms with Crippen molar-refractivity contribution in [3.63, 3.8) is 0 Å². The molecule has 3 rings (SSSR count). The van der Waals surface area contributed by atoms with Gasteiger partial charge in [0.1, 0.15) is 17.7 Å². The molecule has 1 atom stereocenters. The van der Waals surface area contributed by atoms with E-state index in [1.165, 1.54) is 17.0 Å². The Bertz CT molecular complexity index is 807. The second-order valence-corrected chi connectivity index (χ2v) is 6.04. The lowest BCUT2D eigenvalue weighted by Gasteiger charge is -2.33. The Morgan fingerprint density at radius 1 is 1.39 bits per heavy atom. The van der Waals surface area contributed by atoms with Crippen molar-refractivity contribution in [2.45, 2.75) is 26.1 Å². The van der Waals surface area contributed by atoms with Crippen LogP contribution in [0.2, 0.25) is 0 Å². The van der Waals surface area contributed by atoms with Crippen molar-refractivity contribution in [2.24, 2.45) is 0 Å². The number of aliphatic carboxylic acids is 1. The summed E-state index contributed by atoms with van der Waals surface area (Å²) in [6.07, 6.45) is 0. The minimum atomic E-state index is -1.11. The minimum Gasteiger partial charge on any atom is -0.480 e. The summed E-state index contributed by atoms with van der Waals surface area (Å²) in [7, 11) is 0. The second kappa shape index (κ2) is 5.73. The molecule has 2 aromatic rings. The Hall–Kier alpha value is -2.29. The monoisotopic (exact) mass is 382 g/mol. The lowest BCUT2D eigenvalue weighted by molar-refractivity contribution is -0.143. The van der Waals surface area contributed by atoms with E-state index in [9.17, 15) is 19.1 Å². The van der Waals surface area contributed by atoms with E-state index in [1.54, 1.807) is 11.5 Å². The fraction of sp³-hybridized carbons (Fsp3) is 0.286. The average molecular weight is 383 g/mol. The van der Waals surface area contributed by atoms with Crippen LogP contribution in [0, 0.1) is 12.7 Å². The highest BCUT2D eigenvalue weighted by Crippen LogP contribution is 2.23. The van der Waals surface area contributed by atoms with Crippen molar-refractivity contribution >= 4 is 27.8 Å². The fourth-order valence-corrected chi connectivity index (χ4v) is 2.91. The number of aromatic nitrogens is 3. The first-order valence-electron chi connectivity index (χ1n) is 6.76. The molecule has 120 valence electrons. The first-order chi connectivity index (χ1) is 10.9. The van der Waals surface area contributed by atoms with Crippen LogP contribution in [0.3, 0.4) is 0 Å². The summed E-state index contributed by atoms with van der Waals surface area (Å²) in [5, 5.41) is 17.3. The van der Waals surface area contributed by atoms with Gasteiger partial charge in [-0.3, -0.25) is 4.79 Å². The maximum atomic E-state index is 13.3. The van der Waals surface area contributed by atoms with Gasteiger partial charge in [-0.25, -0.2) is 9.18 Å². The maximum Gasteiger partial charge on any atom is 0.328 e. The van der Waals surface area contributed by atoms with Gasteiger partial charge < -0.3 is 14.6 Å². The highest BCUT2D eigenvalue weighted by Gasteiger charge is 2.36. The molecule has 0 saturated carbocycles. The molecule has 0 spiro atoms. The topological polar surface area (TPSA) is 88.3 Å². The quantitative estimate of drug-likeness (QED) is 0.851. The molecule has 0 aliphatic carbocycles. The predicted molar refractivity (Wildman–Crippen MR) is 80.2 cm³/mol. The highest BCUT2D eigenvalue weighted by molar-refractivity contribution is 9.10. The van der Waals surface area contributed by atoms with Crippen LogP contribution in [0.1, 0.15) is 22.0 Å². The Kier molecular flexibility index (Phi) is 3.88. The molecule has 23 heavy (non-hydrogen) atoms. The fourth-order valence-electron chi connectivity index (χ4n) is 2.53. The van der Waals surface area contributed by atoms with Gasteiger partial charge in [0.25, 0.3) is 5.91 Å².